The zero-order valence-electron chi connectivity index (χ0n) is 17.3. The van der Waals surface area contributed by atoms with Gasteiger partial charge < -0.3 is 19.0 Å². The number of carbonyl (C=O) groups is 2. The van der Waals surface area contributed by atoms with Crippen LogP contribution in [0.2, 0.25) is 0 Å². The molecular formula is C24H21NO6. The zero-order chi connectivity index (χ0) is 22.1. The number of aliphatic hydroxyl groups is 1. The maximum Gasteiger partial charge on any atom is 0.300 e. The lowest BCUT2D eigenvalue weighted by atomic mass is 9.98. The molecule has 1 aliphatic rings. The molecule has 4 rings (SSSR count). The molecule has 0 saturated carbocycles. The van der Waals surface area contributed by atoms with Gasteiger partial charge in [0.25, 0.3) is 11.7 Å². The number of hydrogen-bond donors (Lipinski definition) is 1. The van der Waals surface area contributed by atoms with Gasteiger partial charge in [0.05, 0.1) is 25.4 Å². The number of hydrogen-bond acceptors (Lipinski definition) is 6. The number of ether oxygens (including phenoxy) is 2. The van der Waals surface area contributed by atoms with Crippen molar-refractivity contribution in [1.82, 2.24) is 0 Å². The minimum absolute atomic E-state index is 0.0698. The molecule has 0 aliphatic carbocycles. The predicted octanol–water partition coefficient (Wildman–Crippen LogP) is 4.23. The van der Waals surface area contributed by atoms with Crippen LogP contribution in [0.25, 0.3) is 5.76 Å². The first-order chi connectivity index (χ1) is 15.0. The van der Waals surface area contributed by atoms with E-state index in [1.807, 2.05) is 0 Å². The lowest BCUT2D eigenvalue weighted by Crippen LogP contribution is -2.29. The van der Waals surface area contributed by atoms with E-state index in [1.54, 1.807) is 74.7 Å². The molecule has 1 unspecified atom stereocenters. The van der Waals surface area contributed by atoms with Crippen LogP contribution < -0.4 is 14.4 Å². The zero-order valence-corrected chi connectivity index (χ0v) is 17.3. The Morgan fingerprint density at radius 3 is 2.29 bits per heavy atom. The summed E-state index contributed by atoms with van der Waals surface area (Å²) in [5, 5.41) is 11.1. The summed E-state index contributed by atoms with van der Waals surface area (Å²) in [5.41, 5.74) is 0.715. The molecule has 7 nitrogen and oxygen atoms in total. The molecule has 1 N–H and O–H groups in total. The number of furan rings is 1. The molecule has 7 heteroatoms. The molecule has 158 valence electrons. The first kappa shape index (κ1) is 20.3. The molecule has 1 amide bonds. The third-order valence-corrected chi connectivity index (χ3v) is 5.19. The van der Waals surface area contributed by atoms with Crippen molar-refractivity contribution in [1.29, 1.82) is 0 Å². The van der Waals surface area contributed by atoms with Crippen LogP contribution in [0.4, 0.5) is 5.69 Å². The summed E-state index contributed by atoms with van der Waals surface area (Å²) in [7, 11) is 3.01. The molecule has 1 aliphatic heterocycles. The summed E-state index contributed by atoms with van der Waals surface area (Å²) in [6.45, 7) is 1.77. The first-order valence-electron chi connectivity index (χ1n) is 9.61. The number of carbonyl (C=O) groups excluding carboxylic acids is 2. The van der Waals surface area contributed by atoms with Crippen LogP contribution in [0.15, 0.2) is 70.7 Å². The van der Waals surface area contributed by atoms with Crippen molar-refractivity contribution in [2.24, 2.45) is 0 Å². The Morgan fingerprint density at radius 2 is 1.68 bits per heavy atom. The van der Waals surface area contributed by atoms with Crippen molar-refractivity contribution in [3.8, 4) is 11.5 Å². The van der Waals surface area contributed by atoms with E-state index in [9.17, 15) is 14.7 Å². The second kappa shape index (κ2) is 8.02. The van der Waals surface area contributed by atoms with E-state index < -0.39 is 17.7 Å². The van der Waals surface area contributed by atoms with Gasteiger partial charge in [-0.1, -0.05) is 12.1 Å². The minimum atomic E-state index is -0.938. The third-order valence-electron chi connectivity index (χ3n) is 5.19. The van der Waals surface area contributed by atoms with Gasteiger partial charge in [-0.15, -0.1) is 0 Å². The summed E-state index contributed by atoms with van der Waals surface area (Å²) in [6, 6.07) is 16.0. The smallest absolute Gasteiger partial charge is 0.300 e. The number of aryl methyl sites for hydroxylation is 1. The van der Waals surface area contributed by atoms with Gasteiger partial charge in [0, 0.05) is 5.69 Å². The van der Waals surface area contributed by atoms with Crippen molar-refractivity contribution in [2.75, 3.05) is 19.1 Å². The molecule has 1 fully saturated rings. The van der Waals surface area contributed by atoms with Gasteiger partial charge in [0.15, 0.2) is 0 Å². The summed E-state index contributed by atoms with van der Waals surface area (Å²) in [4.78, 5) is 27.5. The van der Waals surface area contributed by atoms with Crippen molar-refractivity contribution in [3.05, 3.63) is 83.3 Å². The fourth-order valence-electron chi connectivity index (χ4n) is 3.70. The molecule has 2 heterocycles. The average molecular weight is 419 g/mol. The molecule has 1 saturated heterocycles. The highest BCUT2D eigenvalue weighted by molar-refractivity contribution is 6.51. The molecular weight excluding hydrogens is 398 g/mol. The van der Waals surface area contributed by atoms with E-state index in [0.29, 0.717) is 34.3 Å². The fraction of sp³-hybridized carbons (Fsp3) is 0.167. The van der Waals surface area contributed by atoms with Crippen LogP contribution in [-0.2, 0) is 9.59 Å². The van der Waals surface area contributed by atoms with Crippen molar-refractivity contribution >= 4 is 23.1 Å². The van der Waals surface area contributed by atoms with Gasteiger partial charge in [0.1, 0.15) is 34.8 Å². The van der Waals surface area contributed by atoms with Gasteiger partial charge in [-0.2, -0.15) is 0 Å². The second-order valence-electron chi connectivity index (χ2n) is 7.02. The molecule has 0 spiro atoms. The van der Waals surface area contributed by atoms with Crippen LogP contribution in [-0.4, -0.2) is 31.0 Å². The minimum Gasteiger partial charge on any atom is -0.507 e. The van der Waals surface area contributed by atoms with Crippen LogP contribution in [0.1, 0.15) is 23.1 Å². The molecule has 2 aromatic carbocycles. The number of benzene rings is 2. The summed E-state index contributed by atoms with van der Waals surface area (Å²) >= 11 is 0. The number of amides is 1. The van der Waals surface area contributed by atoms with Crippen LogP contribution >= 0.6 is 0 Å². The number of para-hydroxylation sites is 1. The number of anilines is 1. The Bertz CT molecular complexity index is 1170. The number of aliphatic hydroxyl groups excluding tert-OH is 1. The largest absolute Gasteiger partial charge is 0.507 e. The SMILES string of the molecule is COc1ccc(N2C(=O)C(=O)/C(=C(\O)c3ccccc3OC)C2c2ccc(C)o2)cc1. The molecule has 3 aromatic rings. The second-order valence-corrected chi connectivity index (χ2v) is 7.02. The van der Waals surface area contributed by atoms with Crippen molar-refractivity contribution in [2.45, 2.75) is 13.0 Å². The number of ketones is 1. The summed E-state index contributed by atoms with van der Waals surface area (Å²) in [6.07, 6.45) is 0. The van der Waals surface area contributed by atoms with Gasteiger partial charge in [-0.05, 0) is 55.5 Å². The topological polar surface area (TPSA) is 89.2 Å². The lowest BCUT2D eigenvalue weighted by molar-refractivity contribution is -0.132. The Balaban J connectivity index is 1.93. The van der Waals surface area contributed by atoms with Gasteiger partial charge in [-0.25, -0.2) is 0 Å². The van der Waals surface area contributed by atoms with Gasteiger partial charge >= 0.3 is 0 Å². The van der Waals surface area contributed by atoms with E-state index in [-0.39, 0.29) is 11.3 Å². The number of methoxy groups -OCH3 is 2. The summed E-state index contributed by atoms with van der Waals surface area (Å²) < 4.78 is 16.3. The normalized spacial score (nSPS) is 17.8. The molecule has 31 heavy (non-hydrogen) atoms. The van der Waals surface area contributed by atoms with Crippen LogP contribution in [0.3, 0.4) is 0 Å². The van der Waals surface area contributed by atoms with E-state index in [2.05, 4.69) is 0 Å². The standard InChI is InChI=1S/C24H21NO6/c1-14-8-13-19(31-14)21-20(22(26)17-6-4-5-7-18(17)30-3)23(27)24(28)25(21)15-9-11-16(29-2)12-10-15/h4-13,21,26H,1-3H3/b22-20-. The van der Waals surface area contributed by atoms with Gasteiger partial charge in [0.2, 0.25) is 0 Å². The molecule has 0 bridgehead atoms. The highest BCUT2D eigenvalue weighted by Crippen LogP contribution is 2.43. The highest BCUT2D eigenvalue weighted by atomic mass is 16.5. The number of nitrogens with zero attached hydrogens (tertiary/aromatic N) is 1. The van der Waals surface area contributed by atoms with Crippen molar-refractivity contribution < 1.29 is 28.6 Å². The molecule has 1 aromatic heterocycles. The lowest BCUT2D eigenvalue weighted by Gasteiger charge is -2.23. The Kier molecular flexibility index (Phi) is 5.25. The maximum absolute atomic E-state index is 13.1. The Morgan fingerprint density at radius 1 is 0.968 bits per heavy atom. The first-order valence-corrected chi connectivity index (χ1v) is 9.61. The number of Topliss-reactive ketones (excluding diaryl/α,β-unsaturated/α-hetero) is 1. The van der Waals surface area contributed by atoms with E-state index in [1.165, 1.54) is 12.0 Å². The highest BCUT2D eigenvalue weighted by Gasteiger charge is 2.48. The average Bonchev–Trinajstić information content (AvgIpc) is 3.34. The van der Waals surface area contributed by atoms with Crippen molar-refractivity contribution in [3.63, 3.8) is 0 Å². The third kappa shape index (κ3) is 3.44. The molecule has 0 radical (unpaired) electrons. The van der Waals surface area contributed by atoms with Crippen LogP contribution in [0.5, 0.6) is 11.5 Å². The Labute approximate surface area is 179 Å². The van der Waals surface area contributed by atoms with E-state index >= 15 is 0 Å². The number of rotatable bonds is 5. The van der Waals surface area contributed by atoms with Gasteiger partial charge in [-0.3, -0.25) is 14.5 Å². The predicted molar refractivity (Wildman–Crippen MR) is 114 cm³/mol. The fourth-order valence-corrected chi connectivity index (χ4v) is 3.70. The van der Waals surface area contributed by atoms with E-state index in [0.717, 1.165) is 0 Å². The quantitative estimate of drug-likeness (QED) is 0.378. The molecule has 1 atom stereocenters. The van der Waals surface area contributed by atoms with Crippen LogP contribution in [0, 0.1) is 6.92 Å². The van der Waals surface area contributed by atoms with E-state index in [4.69, 9.17) is 13.9 Å². The maximum atomic E-state index is 13.1. The monoisotopic (exact) mass is 419 g/mol. The summed E-state index contributed by atoms with van der Waals surface area (Å²) in [5.74, 6) is 0.0751. The Hall–Kier alpha value is -4.00.